The second-order valence-corrected chi connectivity index (χ2v) is 2.29. The maximum atomic E-state index is 8.63. The summed E-state index contributed by atoms with van der Waals surface area (Å²) in [6.07, 6.45) is 0.739. The van der Waals surface area contributed by atoms with Crippen molar-refractivity contribution in [1.29, 1.82) is 0 Å². The molecule has 0 unspecified atom stereocenters. The van der Waals surface area contributed by atoms with Crippen LogP contribution in [0.5, 0.6) is 0 Å². The molecule has 1 aromatic rings. The summed E-state index contributed by atoms with van der Waals surface area (Å²) in [6, 6.07) is 8.92. The number of aliphatic hydroxyl groups excluding tert-OH is 1. The van der Waals surface area contributed by atoms with E-state index in [0.717, 1.165) is 12.0 Å². The van der Waals surface area contributed by atoms with Crippen molar-refractivity contribution in [2.45, 2.75) is 13.3 Å². The van der Waals surface area contributed by atoms with Gasteiger partial charge in [-0.25, -0.2) is 0 Å². The minimum absolute atomic E-state index is 0.221. The van der Waals surface area contributed by atoms with Crippen molar-refractivity contribution in [3.05, 3.63) is 35.4 Å². The van der Waals surface area contributed by atoms with Gasteiger partial charge >= 0.3 is 0 Å². The molecule has 0 saturated heterocycles. The molecule has 0 amide bonds. The zero-order valence-electron chi connectivity index (χ0n) is 6.09. The molecular weight excluding hydrogens is 124 g/mol. The minimum atomic E-state index is 0.221. The second-order valence-electron chi connectivity index (χ2n) is 2.29. The molecule has 1 nitrogen and oxygen atoms in total. The van der Waals surface area contributed by atoms with E-state index in [1.807, 2.05) is 25.1 Å². The van der Waals surface area contributed by atoms with Crippen LogP contribution in [0.2, 0.25) is 0 Å². The molecule has 0 aromatic heterocycles. The molecule has 10 heavy (non-hydrogen) atoms. The molecule has 1 aromatic carbocycles. The Hall–Kier alpha value is -0.820. The maximum absolute atomic E-state index is 8.63. The summed E-state index contributed by atoms with van der Waals surface area (Å²) in [7, 11) is 0. The van der Waals surface area contributed by atoms with E-state index >= 15 is 0 Å². The van der Waals surface area contributed by atoms with Crippen LogP contribution in [0, 0.1) is 13.0 Å². The van der Waals surface area contributed by atoms with Crippen LogP contribution in [0.15, 0.2) is 18.2 Å². The highest BCUT2D eigenvalue weighted by atomic mass is 16.2. The van der Waals surface area contributed by atoms with Gasteiger partial charge in [0.05, 0.1) is 0 Å². The van der Waals surface area contributed by atoms with E-state index in [9.17, 15) is 0 Å². The highest BCUT2D eigenvalue weighted by Gasteiger charge is 1.93. The van der Waals surface area contributed by atoms with Crippen LogP contribution in [0.3, 0.4) is 0 Å². The summed E-state index contributed by atoms with van der Waals surface area (Å²) in [5, 5.41) is 8.63. The molecule has 0 bridgehead atoms. The van der Waals surface area contributed by atoms with Crippen LogP contribution >= 0.6 is 0 Å². The van der Waals surface area contributed by atoms with E-state index in [1.54, 1.807) is 0 Å². The Labute approximate surface area is 61.3 Å². The van der Waals surface area contributed by atoms with Crippen LogP contribution in [0.25, 0.3) is 0 Å². The highest BCUT2D eigenvalue weighted by Crippen LogP contribution is 2.05. The van der Waals surface area contributed by atoms with E-state index in [1.165, 1.54) is 5.56 Å². The largest absolute Gasteiger partial charge is 0.396 e. The topological polar surface area (TPSA) is 20.2 Å². The van der Waals surface area contributed by atoms with Crippen molar-refractivity contribution in [3.8, 4) is 0 Å². The molecule has 0 saturated carbocycles. The van der Waals surface area contributed by atoms with Crippen molar-refractivity contribution in [2.75, 3.05) is 6.61 Å². The fourth-order valence-electron chi connectivity index (χ4n) is 0.946. The van der Waals surface area contributed by atoms with Gasteiger partial charge in [-0.2, -0.15) is 0 Å². The Balaban J connectivity index is 2.81. The molecule has 0 aliphatic heterocycles. The predicted octanol–water partition coefficient (Wildman–Crippen LogP) is 1.33. The monoisotopic (exact) mass is 135 g/mol. The van der Waals surface area contributed by atoms with Gasteiger partial charge in [0, 0.05) is 6.61 Å². The molecule has 0 atom stereocenters. The summed E-state index contributed by atoms with van der Waals surface area (Å²) in [4.78, 5) is 0. The number of aryl methyl sites for hydroxylation is 1. The lowest BCUT2D eigenvalue weighted by Gasteiger charge is -2.00. The van der Waals surface area contributed by atoms with Crippen molar-refractivity contribution in [1.82, 2.24) is 0 Å². The van der Waals surface area contributed by atoms with E-state index in [-0.39, 0.29) is 6.61 Å². The van der Waals surface area contributed by atoms with E-state index in [4.69, 9.17) is 5.11 Å². The normalized spacial score (nSPS) is 9.80. The van der Waals surface area contributed by atoms with Crippen LogP contribution < -0.4 is 0 Å². The smallest absolute Gasteiger partial charge is 0.0471 e. The molecule has 1 rings (SSSR count). The first-order valence-electron chi connectivity index (χ1n) is 3.41. The first-order valence-corrected chi connectivity index (χ1v) is 3.41. The van der Waals surface area contributed by atoms with E-state index in [0.29, 0.717) is 0 Å². The van der Waals surface area contributed by atoms with Crippen LogP contribution in [-0.4, -0.2) is 11.7 Å². The first-order chi connectivity index (χ1) is 4.84. The standard InChI is InChI=1S/C9H11O/c1-8-4-2-3-5-9(8)6-7-10/h2-3,5,10H,6-7H2,1H3. The van der Waals surface area contributed by atoms with Gasteiger partial charge < -0.3 is 5.11 Å². The number of rotatable bonds is 2. The van der Waals surface area contributed by atoms with Gasteiger partial charge in [-0.1, -0.05) is 18.2 Å². The molecule has 0 fully saturated rings. The molecule has 0 spiro atoms. The number of hydrogen-bond acceptors (Lipinski definition) is 1. The average Bonchev–Trinajstić information content (AvgIpc) is 1.94. The van der Waals surface area contributed by atoms with Crippen molar-refractivity contribution in [3.63, 3.8) is 0 Å². The predicted molar refractivity (Wildman–Crippen MR) is 40.8 cm³/mol. The van der Waals surface area contributed by atoms with Crippen molar-refractivity contribution in [2.24, 2.45) is 0 Å². The first kappa shape index (κ1) is 7.29. The van der Waals surface area contributed by atoms with E-state index in [2.05, 4.69) is 6.07 Å². The summed E-state index contributed by atoms with van der Waals surface area (Å²) < 4.78 is 0. The molecule has 1 heteroatoms. The zero-order valence-corrected chi connectivity index (χ0v) is 6.09. The third kappa shape index (κ3) is 1.58. The fraction of sp³-hybridized carbons (Fsp3) is 0.333. The molecule has 53 valence electrons. The number of hydrogen-bond donors (Lipinski definition) is 1. The zero-order chi connectivity index (χ0) is 7.40. The SMILES string of the molecule is Cc1[c]cccc1CCO. The third-order valence-corrected chi connectivity index (χ3v) is 1.56. The van der Waals surface area contributed by atoms with Gasteiger partial charge in [0.15, 0.2) is 0 Å². The average molecular weight is 135 g/mol. The lowest BCUT2D eigenvalue weighted by molar-refractivity contribution is 0.299. The van der Waals surface area contributed by atoms with Crippen LogP contribution in [-0.2, 0) is 6.42 Å². The van der Waals surface area contributed by atoms with Gasteiger partial charge in [0.2, 0.25) is 0 Å². The second kappa shape index (κ2) is 3.37. The molecular formula is C9H11O. The molecule has 0 aliphatic rings. The van der Waals surface area contributed by atoms with Gasteiger partial charge in [-0.3, -0.25) is 0 Å². The van der Waals surface area contributed by atoms with Gasteiger partial charge in [-0.15, -0.1) is 0 Å². The molecule has 1 radical (unpaired) electrons. The third-order valence-electron chi connectivity index (χ3n) is 1.56. The van der Waals surface area contributed by atoms with Gasteiger partial charge in [0.25, 0.3) is 0 Å². The Morgan fingerprint density at radius 1 is 1.60 bits per heavy atom. The summed E-state index contributed by atoms with van der Waals surface area (Å²) in [5.41, 5.74) is 2.32. The summed E-state index contributed by atoms with van der Waals surface area (Å²) >= 11 is 0. The quantitative estimate of drug-likeness (QED) is 0.648. The van der Waals surface area contributed by atoms with Gasteiger partial charge in [-0.05, 0) is 30.5 Å². The van der Waals surface area contributed by atoms with Crippen molar-refractivity contribution >= 4 is 0 Å². The lowest BCUT2D eigenvalue weighted by Crippen LogP contribution is -1.92. The van der Waals surface area contributed by atoms with Gasteiger partial charge in [0.1, 0.15) is 0 Å². The molecule has 0 heterocycles. The van der Waals surface area contributed by atoms with E-state index < -0.39 is 0 Å². The Morgan fingerprint density at radius 3 is 3.00 bits per heavy atom. The Bertz CT molecular complexity index is 206. The molecule has 1 N–H and O–H groups in total. The fourth-order valence-corrected chi connectivity index (χ4v) is 0.946. The number of benzene rings is 1. The van der Waals surface area contributed by atoms with Crippen molar-refractivity contribution < 1.29 is 5.11 Å². The Kier molecular flexibility index (Phi) is 2.46. The van der Waals surface area contributed by atoms with Crippen LogP contribution in [0.1, 0.15) is 11.1 Å². The summed E-state index contributed by atoms with van der Waals surface area (Å²) in [5.74, 6) is 0. The molecule has 0 aliphatic carbocycles. The highest BCUT2D eigenvalue weighted by molar-refractivity contribution is 5.24. The minimum Gasteiger partial charge on any atom is -0.396 e. The summed E-state index contributed by atoms with van der Waals surface area (Å²) in [6.45, 7) is 2.23. The maximum Gasteiger partial charge on any atom is 0.0471 e. The lowest BCUT2D eigenvalue weighted by atomic mass is 10.1. The van der Waals surface area contributed by atoms with Crippen LogP contribution in [0.4, 0.5) is 0 Å². The Morgan fingerprint density at radius 2 is 2.40 bits per heavy atom. The number of aliphatic hydroxyl groups is 1.